The second-order valence-electron chi connectivity index (χ2n) is 17.2. The molecule has 3 atom stereocenters. The van der Waals surface area contributed by atoms with Crippen LogP contribution < -0.4 is 5.32 Å². The van der Waals surface area contributed by atoms with Crippen LogP contribution in [0.2, 0.25) is 0 Å². The van der Waals surface area contributed by atoms with Crippen LogP contribution in [0, 0.1) is 0 Å². The summed E-state index contributed by atoms with van der Waals surface area (Å²) < 4.78 is 5.78. The Bertz CT molecular complexity index is 1260. The molecule has 6 heteroatoms. The fourth-order valence-corrected chi connectivity index (χ4v) is 7.24. The van der Waals surface area contributed by atoms with Gasteiger partial charge in [0.25, 0.3) is 0 Å². The molecule has 0 aromatic carbocycles. The van der Waals surface area contributed by atoms with Gasteiger partial charge >= 0.3 is 5.97 Å². The number of aliphatic hydroxyl groups is 2. The lowest BCUT2D eigenvalue weighted by atomic mass is 10.0. The Hall–Kier alpha value is -3.22. The second kappa shape index (κ2) is 49.8. The number of unbranched alkanes of at least 4 members (excludes halogenated alkanes) is 19. The standard InChI is InChI=1S/C57H97NO5/c1-4-7-10-13-16-19-22-24-26-27-28-29-30-32-35-38-41-44-47-50-57(62)63-53(48-45-42-39-36-33-21-18-15-12-9-6-3)51-56(61)58-54(52-59)55(60)49-46-43-40-37-34-31-25-23-20-17-14-11-8-5-2/h7,10,16,19,24,26,28-29,32,35-36,39,41,44-45,48,53-55,59-60H,4-6,8-9,11-15,17-18,20-23,25,27,30-31,33-34,37-38,40,42-43,46-47,49-52H2,1-3H3,(H,58,61)/b10-7-,19-16-,26-24-,29-28-,35-32-,39-36-,44-41-,48-45+. The van der Waals surface area contributed by atoms with Gasteiger partial charge in [-0.1, -0.05) is 234 Å². The number of hydrogen-bond acceptors (Lipinski definition) is 5. The fraction of sp³-hybridized carbons (Fsp3) is 0.684. The van der Waals surface area contributed by atoms with Crippen LogP contribution in [0.5, 0.6) is 0 Å². The highest BCUT2D eigenvalue weighted by atomic mass is 16.5. The number of nitrogens with one attached hydrogen (secondary N) is 1. The Balaban J connectivity index is 4.72. The summed E-state index contributed by atoms with van der Waals surface area (Å²) in [5.74, 6) is -0.709. The number of amides is 1. The first kappa shape index (κ1) is 59.8. The van der Waals surface area contributed by atoms with E-state index in [-0.39, 0.29) is 31.3 Å². The smallest absolute Gasteiger partial charge is 0.306 e. The molecule has 1 amide bonds. The van der Waals surface area contributed by atoms with Crippen molar-refractivity contribution in [3.63, 3.8) is 0 Å². The summed E-state index contributed by atoms with van der Waals surface area (Å²) >= 11 is 0. The van der Waals surface area contributed by atoms with Gasteiger partial charge in [0.1, 0.15) is 6.10 Å². The normalized spacial score (nSPS) is 14.0. The molecule has 0 fully saturated rings. The van der Waals surface area contributed by atoms with Crippen LogP contribution in [0.4, 0.5) is 0 Å². The maximum absolute atomic E-state index is 13.2. The summed E-state index contributed by atoms with van der Waals surface area (Å²) in [5.41, 5.74) is 0. The Morgan fingerprint density at radius 2 is 0.889 bits per heavy atom. The SMILES string of the molecule is CC/C=C\C/C=C\C/C=C\C/C=C\C/C=C\C/C=C\CCC(=O)OC(/C=C/C/C=C\CCCCCCCC)CC(=O)NC(CO)C(O)CCCCCCCCCCCCCCCC. The van der Waals surface area contributed by atoms with Crippen molar-refractivity contribution in [3.05, 3.63) is 97.2 Å². The van der Waals surface area contributed by atoms with Crippen molar-refractivity contribution in [2.45, 2.75) is 244 Å². The largest absolute Gasteiger partial charge is 0.458 e. The van der Waals surface area contributed by atoms with E-state index in [1.807, 2.05) is 12.2 Å². The zero-order valence-electron chi connectivity index (χ0n) is 40.9. The molecule has 0 aliphatic heterocycles. The first-order chi connectivity index (χ1) is 31.0. The molecular weight excluding hydrogens is 779 g/mol. The summed E-state index contributed by atoms with van der Waals surface area (Å²) in [5, 5.41) is 23.7. The highest BCUT2D eigenvalue weighted by Crippen LogP contribution is 2.15. The average Bonchev–Trinajstić information content (AvgIpc) is 3.28. The van der Waals surface area contributed by atoms with Crippen LogP contribution in [-0.2, 0) is 14.3 Å². The molecule has 3 unspecified atom stereocenters. The molecule has 0 spiro atoms. The Morgan fingerprint density at radius 3 is 1.35 bits per heavy atom. The van der Waals surface area contributed by atoms with Gasteiger partial charge < -0.3 is 20.3 Å². The molecule has 0 rings (SSSR count). The number of carbonyl (C=O) groups excluding carboxylic acids is 2. The topological polar surface area (TPSA) is 95.9 Å². The molecule has 0 aliphatic rings. The van der Waals surface area contributed by atoms with E-state index in [9.17, 15) is 19.8 Å². The minimum Gasteiger partial charge on any atom is -0.458 e. The summed E-state index contributed by atoms with van der Waals surface area (Å²) in [4.78, 5) is 26.0. The van der Waals surface area contributed by atoms with Crippen molar-refractivity contribution >= 4 is 11.9 Å². The van der Waals surface area contributed by atoms with E-state index in [1.165, 1.54) is 109 Å². The van der Waals surface area contributed by atoms with Crippen LogP contribution in [0.1, 0.15) is 226 Å². The zero-order chi connectivity index (χ0) is 45.9. The van der Waals surface area contributed by atoms with Crippen LogP contribution in [0.25, 0.3) is 0 Å². The minimum absolute atomic E-state index is 0.0638. The third-order valence-electron chi connectivity index (χ3n) is 11.2. The molecular formula is C57H97NO5. The van der Waals surface area contributed by atoms with Gasteiger partial charge in [-0.2, -0.15) is 0 Å². The fourth-order valence-electron chi connectivity index (χ4n) is 7.24. The van der Waals surface area contributed by atoms with Crippen molar-refractivity contribution in [2.24, 2.45) is 0 Å². The molecule has 0 saturated carbocycles. The average molecular weight is 876 g/mol. The summed E-state index contributed by atoms with van der Waals surface area (Å²) in [6.45, 7) is 6.31. The molecule has 0 radical (unpaired) electrons. The van der Waals surface area contributed by atoms with E-state index in [0.29, 0.717) is 19.3 Å². The Morgan fingerprint density at radius 1 is 0.492 bits per heavy atom. The number of carbonyl (C=O) groups is 2. The van der Waals surface area contributed by atoms with Crippen molar-refractivity contribution in [3.8, 4) is 0 Å². The van der Waals surface area contributed by atoms with Gasteiger partial charge in [-0.15, -0.1) is 0 Å². The third-order valence-corrected chi connectivity index (χ3v) is 11.2. The number of ether oxygens (including phenoxy) is 1. The monoisotopic (exact) mass is 876 g/mol. The number of hydrogen-bond donors (Lipinski definition) is 3. The van der Waals surface area contributed by atoms with E-state index in [4.69, 9.17) is 4.74 Å². The lowest BCUT2D eigenvalue weighted by Crippen LogP contribution is -2.46. The van der Waals surface area contributed by atoms with E-state index >= 15 is 0 Å². The third kappa shape index (κ3) is 45.2. The number of allylic oxidation sites excluding steroid dienone is 15. The highest BCUT2D eigenvalue weighted by Gasteiger charge is 2.23. The predicted octanol–water partition coefficient (Wildman–Crippen LogP) is 15.7. The maximum Gasteiger partial charge on any atom is 0.306 e. The highest BCUT2D eigenvalue weighted by molar-refractivity contribution is 5.78. The Kier molecular flexibility index (Phi) is 47.2. The van der Waals surface area contributed by atoms with Crippen LogP contribution in [0.3, 0.4) is 0 Å². The molecule has 0 saturated heterocycles. The molecule has 6 nitrogen and oxygen atoms in total. The summed E-state index contributed by atoms with van der Waals surface area (Å²) in [6, 6.07) is -0.752. The van der Waals surface area contributed by atoms with Crippen molar-refractivity contribution in [1.29, 1.82) is 0 Å². The first-order valence-corrected chi connectivity index (χ1v) is 26.0. The molecule has 0 aromatic heterocycles. The van der Waals surface area contributed by atoms with E-state index < -0.39 is 18.2 Å². The van der Waals surface area contributed by atoms with Gasteiger partial charge in [-0.25, -0.2) is 0 Å². The first-order valence-electron chi connectivity index (χ1n) is 26.0. The van der Waals surface area contributed by atoms with Gasteiger partial charge in [0, 0.05) is 6.42 Å². The number of esters is 1. The van der Waals surface area contributed by atoms with Crippen LogP contribution in [-0.4, -0.2) is 46.9 Å². The molecule has 0 bridgehead atoms. The summed E-state index contributed by atoms with van der Waals surface area (Å²) in [6.07, 6.45) is 66.5. The molecule has 63 heavy (non-hydrogen) atoms. The van der Waals surface area contributed by atoms with Crippen molar-refractivity contribution in [1.82, 2.24) is 5.32 Å². The molecule has 0 aromatic rings. The van der Waals surface area contributed by atoms with E-state index in [1.54, 1.807) is 6.08 Å². The molecule has 3 N–H and O–H groups in total. The zero-order valence-corrected chi connectivity index (χ0v) is 40.9. The van der Waals surface area contributed by atoms with Crippen LogP contribution in [0.15, 0.2) is 97.2 Å². The Labute approximate surface area is 388 Å². The minimum atomic E-state index is -0.828. The lowest BCUT2D eigenvalue weighted by Gasteiger charge is -2.23. The molecule has 360 valence electrons. The van der Waals surface area contributed by atoms with Gasteiger partial charge in [-0.3, -0.25) is 9.59 Å². The van der Waals surface area contributed by atoms with E-state index in [0.717, 1.165) is 64.2 Å². The maximum atomic E-state index is 13.2. The van der Waals surface area contributed by atoms with E-state index in [2.05, 4.69) is 105 Å². The van der Waals surface area contributed by atoms with Crippen molar-refractivity contribution in [2.75, 3.05) is 6.61 Å². The number of aliphatic hydroxyl groups excluding tert-OH is 2. The van der Waals surface area contributed by atoms with Gasteiger partial charge in [0.15, 0.2) is 0 Å². The van der Waals surface area contributed by atoms with Gasteiger partial charge in [0.05, 0.1) is 25.2 Å². The summed E-state index contributed by atoms with van der Waals surface area (Å²) in [7, 11) is 0. The second-order valence-corrected chi connectivity index (χ2v) is 17.2. The van der Waals surface area contributed by atoms with Gasteiger partial charge in [0.2, 0.25) is 5.91 Å². The molecule has 0 heterocycles. The van der Waals surface area contributed by atoms with Gasteiger partial charge in [-0.05, 0) is 76.7 Å². The number of rotatable bonds is 45. The van der Waals surface area contributed by atoms with Crippen LogP contribution >= 0.6 is 0 Å². The lowest BCUT2D eigenvalue weighted by molar-refractivity contribution is -0.148. The predicted molar refractivity (Wildman–Crippen MR) is 273 cm³/mol. The molecule has 0 aliphatic carbocycles. The quantitative estimate of drug-likeness (QED) is 0.0322. The van der Waals surface area contributed by atoms with Crippen molar-refractivity contribution < 1.29 is 24.5 Å².